The van der Waals surface area contributed by atoms with Gasteiger partial charge in [0.25, 0.3) is 0 Å². The van der Waals surface area contributed by atoms with Gasteiger partial charge in [0, 0.05) is 18.5 Å². The van der Waals surface area contributed by atoms with E-state index in [-0.39, 0.29) is 24.6 Å². The molecule has 10 heteroatoms. The molecule has 1 aromatic rings. The van der Waals surface area contributed by atoms with E-state index in [9.17, 15) is 24.3 Å². The Morgan fingerprint density at radius 1 is 1.09 bits per heavy atom. The number of carbonyl (C=O) groups is 4. The molecule has 2 unspecified atom stereocenters. The van der Waals surface area contributed by atoms with E-state index in [1.165, 1.54) is 11.0 Å². The number of ether oxygens (including phenoxy) is 1. The minimum atomic E-state index is -1.16. The lowest BCUT2D eigenvalue weighted by Gasteiger charge is -2.37. The number of carbonyl (C=O) groups excluding carboxylic acids is 4. The molecule has 2 atom stereocenters. The molecule has 0 aliphatic rings. The van der Waals surface area contributed by atoms with E-state index in [0.29, 0.717) is 11.1 Å². The quantitative estimate of drug-likeness (QED) is 0.394. The molecule has 0 spiro atoms. The van der Waals surface area contributed by atoms with Crippen molar-refractivity contribution in [2.24, 2.45) is 5.73 Å². The number of alkyl carbamates (subject to hydrolysis) is 1. The van der Waals surface area contributed by atoms with Crippen LogP contribution < -0.4 is 16.4 Å². The Balaban J connectivity index is 3.50. The Bertz CT molecular complexity index is 923. The lowest BCUT2D eigenvalue weighted by atomic mass is 9.98. The second-order valence-corrected chi connectivity index (χ2v) is 10.2. The van der Waals surface area contributed by atoms with Crippen LogP contribution in [0, 0.1) is 6.92 Å². The van der Waals surface area contributed by atoms with Crippen molar-refractivity contribution in [2.75, 3.05) is 0 Å². The molecule has 10 nitrogen and oxygen atoms in total. The van der Waals surface area contributed by atoms with Crippen LogP contribution in [-0.2, 0) is 19.1 Å². The number of hydrogen-bond donors (Lipinski definition) is 4. The van der Waals surface area contributed by atoms with E-state index >= 15 is 0 Å². The number of benzene rings is 1. The number of aryl methyl sites for hydroxylation is 1. The number of nitrogens with zero attached hydrogens (tertiary/aromatic N) is 1. The minimum Gasteiger partial charge on any atom is -0.508 e. The van der Waals surface area contributed by atoms with Crippen molar-refractivity contribution in [3.63, 3.8) is 0 Å². The van der Waals surface area contributed by atoms with Gasteiger partial charge in [-0.3, -0.25) is 14.4 Å². The van der Waals surface area contributed by atoms with E-state index in [4.69, 9.17) is 10.5 Å². The molecule has 0 saturated heterocycles. The van der Waals surface area contributed by atoms with Gasteiger partial charge in [0.1, 0.15) is 23.4 Å². The minimum absolute atomic E-state index is 0.0603. The van der Waals surface area contributed by atoms with Crippen molar-refractivity contribution in [3.8, 4) is 5.75 Å². The average Bonchev–Trinajstić information content (AvgIpc) is 2.68. The summed E-state index contributed by atoms with van der Waals surface area (Å²) in [6, 6.07) is 1.81. The van der Waals surface area contributed by atoms with Crippen LogP contribution in [0.1, 0.15) is 78.5 Å². The maximum Gasteiger partial charge on any atom is 0.408 e. The number of aromatic hydroxyl groups is 1. The molecule has 35 heavy (non-hydrogen) atoms. The summed E-state index contributed by atoms with van der Waals surface area (Å²) in [4.78, 5) is 52.5. The van der Waals surface area contributed by atoms with Crippen molar-refractivity contribution in [1.29, 1.82) is 0 Å². The number of nitrogens with two attached hydrogens (primary N) is 1. The summed E-state index contributed by atoms with van der Waals surface area (Å²) >= 11 is 0. The first-order valence-electron chi connectivity index (χ1n) is 11.7. The SMILES string of the molecule is Cc1cc(C(C(=O)NC(C)C)N(C(=O)C(CCC(N)=O)NC(=O)OC(C)(C)C)C(C)C)ccc1O. The molecule has 0 aliphatic heterocycles. The molecule has 5 N–H and O–H groups in total. The molecule has 0 fully saturated rings. The monoisotopic (exact) mass is 492 g/mol. The van der Waals surface area contributed by atoms with E-state index in [0.717, 1.165) is 0 Å². The van der Waals surface area contributed by atoms with Gasteiger partial charge < -0.3 is 31.1 Å². The predicted molar refractivity (Wildman–Crippen MR) is 132 cm³/mol. The average molecular weight is 493 g/mol. The van der Waals surface area contributed by atoms with Gasteiger partial charge >= 0.3 is 6.09 Å². The molecule has 196 valence electrons. The van der Waals surface area contributed by atoms with Crippen molar-refractivity contribution < 1.29 is 29.0 Å². The van der Waals surface area contributed by atoms with Gasteiger partial charge in [0.05, 0.1) is 0 Å². The Morgan fingerprint density at radius 2 is 1.69 bits per heavy atom. The highest BCUT2D eigenvalue weighted by Crippen LogP contribution is 2.29. The third kappa shape index (κ3) is 9.46. The maximum atomic E-state index is 13.8. The largest absolute Gasteiger partial charge is 0.508 e. The van der Waals surface area contributed by atoms with E-state index < -0.39 is 47.5 Å². The van der Waals surface area contributed by atoms with Gasteiger partial charge in [0.2, 0.25) is 17.7 Å². The van der Waals surface area contributed by atoms with Crippen LogP contribution in [-0.4, -0.2) is 57.5 Å². The summed E-state index contributed by atoms with van der Waals surface area (Å²) in [6.07, 6.45) is -1.05. The molecule has 0 bridgehead atoms. The number of phenols is 1. The highest BCUT2D eigenvalue weighted by Gasteiger charge is 2.38. The highest BCUT2D eigenvalue weighted by molar-refractivity contribution is 5.92. The zero-order valence-corrected chi connectivity index (χ0v) is 22.0. The summed E-state index contributed by atoms with van der Waals surface area (Å²) in [5.74, 6) is -1.56. The zero-order chi connectivity index (χ0) is 27.1. The van der Waals surface area contributed by atoms with Gasteiger partial charge in [0.15, 0.2) is 0 Å². The first-order valence-corrected chi connectivity index (χ1v) is 11.7. The summed E-state index contributed by atoms with van der Waals surface area (Å²) in [7, 11) is 0. The number of hydrogen-bond acceptors (Lipinski definition) is 6. The molecule has 1 rings (SSSR count). The lowest BCUT2D eigenvalue weighted by Crippen LogP contribution is -2.55. The van der Waals surface area contributed by atoms with Gasteiger partial charge in [-0.15, -0.1) is 0 Å². The summed E-state index contributed by atoms with van der Waals surface area (Å²) in [6.45, 7) is 13.9. The van der Waals surface area contributed by atoms with E-state index in [1.54, 1.807) is 67.5 Å². The smallest absolute Gasteiger partial charge is 0.408 e. The fourth-order valence-electron chi connectivity index (χ4n) is 3.50. The molecule has 0 aliphatic carbocycles. The molecule has 0 aromatic heterocycles. The topological polar surface area (TPSA) is 151 Å². The summed E-state index contributed by atoms with van der Waals surface area (Å²) < 4.78 is 5.30. The van der Waals surface area contributed by atoms with Crippen LogP contribution in [0.5, 0.6) is 5.75 Å². The van der Waals surface area contributed by atoms with Gasteiger partial charge in [-0.1, -0.05) is 6.07 Å². The Labute approximate surface area is 207 Å². The first-order chi connectivity index (χ1) is 16.0. The number of rotatable bonds is 10. The van der Waals surface area contributed by atoms with Gasteiger partial charge in [-0.05, 0) is 85.1 Å². The first kappa shape index (κ1) is 29.7. The van der Waals surface area contributed by atoms with E-state index in [1.807, 2.05) is 0 Å². The summed E-state index contributed by atoms with van der Waals surface area (Å²) in [5, 5.41) is 15.4. The zero-order valence-electron chi connectivity index (χ0n) is 22.0. The second kappa shape index (κ2) is 12.4. The van der Waals surface area contributed by atoms with Crippen LogP contribution in [0.25, 0.3) is 0 Å². The number of phenolic OH excluding ortho intramolecular Hbond substituents is 1. The molecule has 0 saturated carbocycles. The van der Waals surface area contributed by atoms with Gasteiger partial charge in [-0.25, -0.2) is 4.79 Å². The van der Waals surface area contributed by atoms with Crippen LogP contribution in [0.3, 0.4) is 0 Å². The molecule has 0 heterocycles. The molecule has 0 radical (unpaired) electrons. The molecule has 1 aromatic carbocycles. The predicted octanol–water partition coefficient (Wildman–Crippen LogP) is 2.66. The summed E-state index contributed by atoms with van der Waals surface area (Å²) in [5.41, 5.74) is 5.53. The van der Waals surface area contributed by atoms with Crippen molar-refractivity contribution in [1.82, 2.24) is 15.5 Å². The molecular weight excluding hydrogens is 452 g/mol. The lowest BCUT2D eigenvalue weighted by molar-refractivity contribution is -0.145. The number of primary amides is 1. The standard InChI is InChI=1S/C25H40N4O6/c1-14(2)27-22(32)21(17-9-11-19(30)16(5)13-17)29(15(3)4)23(33)18(10-12-20(26)31)28-24(34)35-25(6,7)8/h9,11,13-15,18,21,30H,10,12H2,1-8H3,(H2,26,31)(H,27,32)(H,28,34). The fourth-order valence-corrected chi connectivity index (χ4v) is 3.50. The number of nitrogens with one attached hydrogen (secondary N) is 2. The normalized spacial score (nSPS) is 13.2. The fraction of sp³-hybridized carbons (Fsp3) is 0.600. The third-order valence-electron chi connectivity index (χ3n) is 4.97. The third-order valence-corrected chi connectivity index (χ3v) is 4.97. The maximum absolute atomic E-state index is 13.8. The van der Waals surface area contributed by atoms with E-state index in [2.05, 4.69) is 10.6 Å². The molecule has 4 amide bonds. The number of amides is 4. The van der Waals surface area contributed by atoms with Crippen molar-refractivity contribution in [2.45, 2.75) is 98.0 Å². The Hall–Kier alpha value is -3.30. The van der Waals surface area contributed by atoms with Crippen LogP contribution >= 0.6 is 0 Å². The van der Waals surface area contributed by atoms with Crippen LogP contribution in [0.4, 0.5) is 4.79 Å². The van der Waals surface area contributed by atoms with Crippen LogP contribution in [0.2, 0.25) is 0 Å². The van der Waals surface area contributed by atoms with Gasteiger partial charge in [-0.2, -0.15) is 0 Å². The Kier molecular flexibility index (Phi) is 10.5. The van der Waals surface area contributed by atoms with Crippen LogP contribution in [0.15, 0.2) is 18.2 Å². The second-order valence-electron chi connectivity index (χ2n) is 10.2. The molecular formula is C25H40N4O6. The van der Waals surface area contributed by atoms with Crippen molar-refractivity contribution in [3.05, 3.63) is 29.3 Å². The van der Waals surface area contributed by atoms with Crippen molar-refractivity contribution >= 4 is 23.8 Å². The highest BCUT2D eigenvalue weighted by atomic mass is 16.6. The Morgan fingerprint density at radius 3 is 2.14 bits per heavy atom.